The third kappa shape index (κ3) is 5.70. The molecule has 3 rings (SSSR count). The van der Waals surface area contributed by atoms with Crippen molar-refractivity contribution >= 4 is 57.6 Å². The highest BCUT2D eigenvalue weighted by atomic mass is 32.2. The first-order valence-corrected chi connectivity index (χ1v) is 10.5. The van der Waals surface area contributed by atoms with Crippen molar-refractivity contribution in [3.8, 4) is 5.75 Å². The number of carbonyl (C=O) groups is 2. The zero-order valence-corrected chi connectivity index (χ0v) is 18.7. The average molecular weight is 489 g/mol. The normalized spacial score (nSPS) is 14.5. The molecular formula is C20H16N4O7S2. The molecule has 0 aliphatic carbocycles. The van der Waals surface area contributed by atoms with Crippen LogP contribution in [0.3, 0.4) is 0 Å². The van der Waals surface area contributed by atoms with Gasteiger partial charge in [0.25, 0.3) is 23.2 Å². The molecule has 2 aromatic rings. The number of nitrogens with one attached hydrogen (secondary N) is 1. The molecule has 0 aromatic heterocycles. The summed E-state index contributed by atoms with van der Waals surface area (Å²) in [4.78, 5) is 47.2. The van der Waals surface area contributed by atoms with E-state index in [1.165, 1.54) is 4.90 Å². The van der Waals surface area contributed by atoms with Crippen molar-refractivity contribution in [2.75, 3.05) is 20.2 Å². The predicted octanol–water partition coefficient (Wildman–Crippen LogP) is 3.14. The number of thioether (sulfide) groups is 1. The van der Waals surface area contributed by atoms with Gasteiger partial charge in [0, 0.05) is 25.2 Å². The Morgan fingerprint density at radius 1 is 1.18 bits per heavy atom. The number of carbonyl (C=O) groups excluding carboxylic acids is 2. The van der Waals surface area contributed by atoms with Crippen LogP contribution < -0.4 is 10.1 Å². The van der Waals surface area contributed by atoms with E-state index in [9.17, 15) is 29.8 Å². The van der Waals surface area contributed by atoms with Gasteiger partial charge in [-0.1, -0.05) is 36.1 Å². The molecule has 1 N–H and O–H groups in total. The predicted molar refractivity (Wildman–Crippen MR) is 125 cm³/mol. The fraction of sp³-hybridized carbons (Fsp3) is 0.150. The molecule has 0 bridgehead atoms. The summed E-state index contributed by atoms with van der Waals surface area (Å²) >= 11 is 6.38. The van der Waals surface area contributed by atoms with Gasteiger partial charge < -0.3 is 10.1 Å². The molecule has 11 nitrogen and oxygen atoms in total. The molecule has 0 saturated carbocycles. The molecular weight excluding hydrogens is 472 g/mol. The Kier molecular flexibility index (Phi) is 7.35. The number of amides is 2. The number of benzene rings is 2. The summed E-state index contributed by atoms with van der Waals surface area (Å²) in [6, 6.07) is 9.81. The smallest absolute Gasteiger partial charge is 0.277 e. The van der Waals surface area contributed by atoms with Gasteiger partial charge in [0.15, 0.2) is 0 Å². The Hall–Kier alpha value is -3.84. The minimum absolute atomic E-state index is 0.0196. The van der Waals surface area contributed by atoms with E-state index in [-0.39, 0.29) is 24.6 Å². The lowest BCUT2D eigenvalue weighted by atomic mass is 10.1. The maximum Gasteiger partial charge on any atom is 0.277 e. The van der Waals surface area contributed by atoms with E-state index >= 15 is 0 Å². The van der Waals surface area contributed by atoms with E-state index in [1.54, 1.807) is 31.4 Å². The van der Waals surface area contributed by atoms with Crippen LogP contribution in [0.5, 0.6) is 5.75 Å². The largest absolute Gasteiger partial charge is 0.497 e. The average Bonchev–Trinajstić information content (AvgIpc) is 3.05. The molecule has 2 amide bonds. The first kappa shape index (κ1) is 23.8. The number of ether oxygens (including phenoxy) is 1. The Bertz CT molecular complexity index is 1170. The summed E-state index contributed by atoms with van der Waals surface area (Å²) in [5, 5.41) is 24.5. The lowest BCUT2D eigenvalue weighted by Gasteiger charge is -2.14. The van der Waals surface area contributed by atoms with Crippen molar-refractivity contribution in [3.05, 3.63) is 78.7 Å². The Balaban J connectivity index is 1.66. The van der Waals surface area contributed by atoms with Gasteiger partial charge in [-0.3, -0.25) is 34.7 Å². The molecule has 2 aromatic carbocycles. The van der Waals surface area contributed by atoms with Crippen LogP contribution in [0.25, 0.3) is 6.08 Å². The standard InChI is InChI=1S/C20H16N4O7S2/c1-31-16-4-2-3-12(7-16)8-17-19(26)22(20(32)33-17)6-5-21-18(25)13-9-14(23(27)28)11-15(10-13)24(29)30/h2-4,7-11H,5-6H2,1H3,(H,21,25)/b17-8+. The number of non-ortho nitro benzene ring substituents is 2. The lowest BCUT2D eigenvalue weighted by molar-refractivity contribution is -0.394. The van der Waals surface area contributed by atoms with Gasteiger partial charge in [-0.15, -0.1) is 0 Å². The lowest BCUT2D eigenvalue weighted by Crippen LogP contribution is -2.37. The number of nitro benzene ring substituents is 2. The SMILES string of the molecule is COc1cccc(/C=C2/SC(=S)N(CCNC(=O)c3cc([N+](=O)[O-])cc([N+](=O)[O-])c3)C2=O)c1. The highest BCUT2D eigenvalue weighted by molar-refractivity contribution is 8.26. The topological polar surface area (TPSA) is 145 Å². The molecule has 1 aliphatic heterocycles. The summed E-state index contributed by atoms with van der Waals surface area (Å²) < 4.78 is 5.48. The maximum atomic E-state index is 12.7. The summed E-state index contributed by atoms with van der Waals surface area (Å²) in [6.07, 6.45) is 1.68. The summed E-state index contributed by atoms with van der Waals surface area (Å²) in [6.45, 7) is 0.0388. The van der Waals surface area contributed by atoms with E-state index in [2.05, 4.69) is 5.32 Å². The third-order valence-corrected chi connectivity index (χ3v) is 5.85. The first-order chi connectivity index (χ1) is 15.7. The zero-order chi connectivity index (χ0) is 24.1. The number of nitrogens with zero attached hydrogens (tertiary/aromatic N) is 3. The van der Waals surface area contributed by atoms with Crippen molar-refractivity contribution in [2.45, 2.75) is 0 Å². The van der Waals surface area contributed by atoms with Gasteiger partial charge in [-0.05, 0) is 23.8 Å². The molecule has 0 atom stereocenters. The Labute approximate surface area is 196 Å². The summed E-state index contributed by atoms with van der Waals surface area (Å²) in [5.41, 5.74) is -0.627. The van der Waals surface area contributed by atoms with Crippen molar-refractivity contribution < 1.29 is 24.2 Å². The van der Waals surface area contributed by atoms with E-state index in [0.717, 1.165) is 35.5 Å². The van der Waals surface area contributed by atoms with Gasteiger partial charge >= 0.3 is 0 Å². The van der Waals surface area contributed by atoms with Gasteiger partial charge in [0.1, 0.15) is 10.1 Å². The van der Waals surface area contributed by atoms with Gasteiger partial charge in [-0.25, -0.2) is 0 Å². The fourth-order valence-electron chi connectivity index (χ4n) is 2.90. The molecule has 0 radical (unpaired) electrons. The zero-order valence-electron chi connectivity index (χ0n) is 17.0. The first-order valence-electron chi connectivity index (χ1n) is 9.31. The van der Waals surface area contributed by atoms with Crippen LogP contribution in [-0.4, -0.2) is 51.1 Å². The van der Waals surface area contributed by atoms with Crippen molar-refractivity contribution in [3.63, 3.8) is 0 Å². The monoisotopic (exact) mass is 488 g/mol. The Morgan fingerprint density at radius 2 is 1.85 bits per heavy atom. The molecule has 1 fully saturated rings. The molecule has 170 valence electrons. The van der Waals surface area contributed by atoms with Crippen molar-refractivity contribution in [1.29, 1.82) is 0 Å². The van der Waals surface area contributed by atoms with Crippen LogP contribution >= 0.6 is 24.0 Å². The van der Waals surface area contributed by atoms with Crippen LogP contribution in [0.2, 0.25) is 0 Å². The van der Waals surface area contributed by atoms with Gasteiger partial charge in [-0.2, -0.15) is 0 Å². The third-order valence-electron chi connectivity index (χ3n) is 4.47. The van der Waals surface area contributed by atoms with E-state index in [1.807, 2.05) is 6.07 Å². The fourth-order valence-corrected chi connectivity index (χ4v) is 4.20. The molecule has 1 heterocycles. The second-order valence-electron chi connectivity index (χ2n) is 6.62. The van der Waals surface area contributed by atoms with Crippen LogP contribution in [0.15, 0.2) is 47.4 Å². The number of nitro groups is 2. The molecule has 33 heavy (non-hydrogen) atoms. The van der Waals surface area contributed by atoms with E-state index < -0.39 is 27.1 Å². The highest BCUT2D eigenvalue weighted by Gasteiger charge is 2.31. The number of hydrogen-bond acceptors (Lipinski definition) is 9. The quantitative estimate of drug-likeness (QED) is 0.256. The minimum atomic E-state index is -0.821. The molecule has 0 spiro atoms. The van der Waals surface area contributed by atoms with E-state index in [0.29, 0.717) is 15.0 Å². The molecule has 1 aliphatic rings. The number of methoxy groups -OCH3 is 1. The number of thiocarbonyl (C=S) groups is 1. The second-order valence-corrected chi connectivity index (χ2v) is 8.29. The van der Waals surface area contributed by atoms with Crippen molar-refractivity contribution in [1.82, 2.24) is 10.2 Å². The second kappa shape index (κ2) is 10.2. The highest BCUT2D eigenvalue weighted by Crippen LogP contribution is 2.32. The Morgan fingerprint density at radius 3 is 2.45 bits per heavy atom. The van der Waals surface area contributed by atoms with Crippen molar-refractivity contribution in [2.24, 2.45) is 0 Å². The van der Waals surface area contributed by atoms with Gasteiger partial charge in [0.2, 0.25) is 0 Å². The molecule has 1 saturated heterocycles. The minimum Gasteiger partial charge on any atom is -0.497 e. The number of rotatable bonds is 8. The van der Waals surface area contributed by atoms with Crippen LogP contribution in [0, 0.1) is 20.2 Å². The van der Waals surface area contributed by atoms with Crippen LogP contribution in [0.1, 0.15) is 15.9 Å². The van der Waals surface area contributed by atoms with E-state index in [4.69, 9.17) is 17.0 Å². The van der Waals surface area contributed by atoms with Crippen LogP contribution in [0.4, 0.5) is 11.4 Å². The van der Waals surface area contributed by atoms with Gasteiger partial charge in [0.05, 0.1) is 33.5 Å². The summed E-state index contributed by atoms with van der Waals surface area (Å²) in [7, 11) is 1.54. The number of hydrogen-bond donors (Lipinski definition) is 1. The summed E-state index contributed by atoms with van der Waals surface area (Å²) in [5.74, 6) is -0.435. The molecule has 0 unspecified atom stereocenters. The molecule has 13 heteroatoms. The van der Waals surface area contributed by atoms with Crippen LogP contribution in [-0.2, 0) is 4.79 Å². The maximum absolute atomic E-state index is 12.7.